The summed E-state index contributed by atoms with van der Waals surface area (Å²) in [6, 6.07) is 18.2. The van der Waals surface area contributed by atoms with Crippen molar-refractivity contribution in [2.24, 2.45) is 10.3 Å². The van der Waals surface area contributed by atoms with E-state index < -0.39 is 0 Å². The summed E-state index contributed by atoms with van der Waals surface area (Å²) in [4.78, 5) is 4.97. The lowest BCUT2D eigenvalue weighted by Gasteiger charge is -2.32. The maximum Gasteiger partial charge on any atom is 0.117 e. The number of nitrogens with zero attached hydrogens (tertiary/aromatic N) is 5. The Kier molecular flexibility index (Phi) is 5.23. The quantitative estimate of drug-likeness (QED) is 0.776. The van der Waals surface area contributed by atoms with Crippen LogP contribution in [0.3, 0.4) is 0 Å². The number of hydrogen-bond acceptors (Lipinski definition) is 5. The summed E-state index contributed by atoms with van der Waals surface area (Å²) < 4.78 is 0. The van der Waals surface area contributed by atoms with Crippen molar-refractivity contribution in [3.63, 3.8) is 0 Å². The molecule has 1 saturated heterocycles. The van der Waals surface area contributed by atoms with Crippen LogP contribution in [0.15, 0.2) is 77.1 Å². The number of benzene rings is 2. The van der Waals surface area contributed by atoms with Gasteiger partial charge in [-0.3, -0.25) is 9.91 Å². The van der Waals surface area contributed by atoms with E-state index in [9.17, 15) is 0 Å². The van der Waals surface area contributed by atoms with Gasteiger partial charge in [-0.05, 0) is 41.0 Å². The van der Waals surface area contributed by atoms with E-state index in [4.69, 9.17) is 0 Å². The van der Waals surface area contributed by atoms with E-state index >= 15 is 0 Å². The van der Waals surface area contributed by atoms with Crippen molar-refractivity contribution < 1.29 is 0 Å². The minimum Gasteiger partial charge on any atom is -0.304 e. The minimum atomic E-state index is 0.124. The summed E-state index contributed by atoms with van der Waals surface area (Å²) in [6.45, 7) is 5.59. The fourth-order valence-corrected chi connectivity index (χ4v) is 4.52. The molecule has 0 radical (unpaired) electrons. The molecule has 1 fully saturated rings. The zero-order valence-corrected chi connectivity index (χ0v) is 17.8. The van der Waals surface area contributed by atoms with Crippen LogP contribution >= 0.6 is 0 Å². The molecule has 2 aromatic rings. The van der Waals surface area contributed by atoms with Crippen molar-refractivity contribution in [2.75, 3.05) is 40.3 Å². The minimum absolute atomic E-state index is 0.124. The second kappa shape index (κ2) is 8.17. The van der Waals surface area contributed by atoms with Crippen molar-refractivity contribution in [3.8, 4) is 11.1 Å². The Balaban J connectivity index is 1.35. The first-order valence-corrected chi connectivity index (χ1v) is 10.8. The van der Waals surface area contributed by atoms with E-state index in [0.717, 1.165) is 32.7 Å². The largest absolute Gasteiger partial charge is 0.304 e. The molecule has 0 bridgehead atoms. The number of allylic oxidation sites excluding steroid dienone is 2. The molecule has 0 saturated carbocycles. The molecular weight excluding hydrogens is 370 g/mol. The molecule has 5 heteroatoms. The average Bonchev–Trinajstić information content (AvgIpc) is 3.16. The predicted molar refractivity (Wildman–Crippen MR) is 122 cm³/mol. The van der Waals surface area contributed by atoms with Gasteiger partial charge in [0.1, 0.15) is 6.04 Å². The molecule has 2 unspecified atom stereocenters. The topological polar surface area (TPSA) is 34.4 Å². The van der Waals surface area contributed by atoms with Gasteiger partial charge in [-0.1, -0.05) is 65.9 Å². The van der Waals surface area contributed by atoms with Crippen LogP contribution in [-0.4, -0.2) is 67.2 Å². The lowest BCUT2D eigenvalue weighted by atomic mass is 9.92. The highest BCUT2D eigenvalue weighted by Crippen LogP contribution is 2.31. The van der Waals surface area contributed by atoms with Crippen LogP contribution in [0.2, 0.25) is 0 Å². The highest BCUT2D eigenvalue weighted by Gasteiger charge is 2.29. The first-order chi connectivity index (χ1) is 14.7. The first-order valence-electron chi connectivity index (χ1n) is 10.8. The van der Waals surface area contributed by atoms with E-state index in [-0.39, 0.29) is 12.1 Å². The van der Waals surface area contributed by atoms with Gasteiger partial charge in [-0.15, -0.1) is 0 Å². The van der Waals surface area contributed by atoms with Crippen molar-refractivity contribution >= 4 is 5.57 Å². The van der Waals surface area contributed by atoms with Gasteiger partial charge in [0.2, 0.25) is 0 Å². The Hall–Kier alpha value is -2.76. The fourth-order valence-electron chi connectivity index (χ4n) is 4.52. The Morgan fingerprint density at radius 2 is 1.63 bits per heavy atom. The average molecular weight is 400 g/mol. The van der Waals surface area contributed by atoms with Gasteiger partial charge in [0.15, 0.2) is 0 Å². The lowest BCUT2D eigenvalue weighted by molar-refractivity contribution is 0.148. The SMILES string of the molecule is CN1CCN(Cc2ccccc2-c2ccc(C3=CC4N=NN(C)C4C=C3)cc2)CC1. The summed E-state index contributed by atoms with van der Waals surface area (Å²) in [7, 11) is 4.18. The molecular formula is C25H29N5. The molecule has 0 amide bonds. The third kappa shape index (κ3) is 3.83. The Morgan fingerprint density at radius 1 is 0.900 bits per heavy atom. The van der Waals surface area contributed by atoms with Gasteiger partial charge in [0.05, 0.1) is 6.04 Å². The van der Waals surface area contributed by atoms with Crippen LogP contribution in [-0.2, 0) is 6.54 Å². The molecule has 2 aliphatic heterocycles. The summed E-state index contributed by atoms with van der Waals surface area (Å²) >= 11 is 0. The van der Waals surface area contributed by atoms with Gasteiger partial charge in [-0.25, -0.2) is 0 Å². The molecule has 30 heavy (non-hydrogen) atoms. The summed E-state index contributed by atoms with van der Waals surface area (Å²) in [5.41, 5.74) is 6.48. The Bertz CT molecular complexity index is 983. The third-order valence-electron chi connectivity index (χ3n) is 6.47. The first kappa shape index (κ1) is 19.2. The summed E-state index contributed by atoms with van der Waals surface area (Å²) in [6.07, 6.45) is 6.64. The monoisotopic (exact) mass is 399 g/mol. The third-order valence-corrected chi connectivity index (χ3v) is 6.47. The number of fused-ring (bicyclic) bond motifs is 1. The fraction of sp³-hybridized carbons (Fsp3) is 0.360. The number of hydrogen-bond donors (Lipinski definition) is 0. The second-order valence-corrected chi connectivity index (χ2v) is 8.55. The van der Waals surface area contributed by atoms with Crippen LogP contribution in [0.4, 0.5) is 0 Å². The zero-order valence-electron chi connectivity index (χ0n) is 17.8. The molecule has 0 aromatic heterocycles. The van der Waals surface area contributed by atoms with Crippen molar-refractivity contribution in [2.45, 2.75) is 18.6 Å². The molecule has 0 N–H and O–H groups in total. The molecule has 2 aromatic carbocycles. The maximum atomic E-state index is 4.37. The van der Waals surface area contributed by atoms with Crippen molar-refractivity contribution in [3.05, 3.63) is 77.9 Å². The smallest absolute Gasteiger partial charge is 0.117 e. The van der Waals surface area contributed by atoms with E-state index in [2.05, 4.69) is 93.9 Å². The highest BCUT2D eigenvalue weighted by atomic mass is 15.6. The van der Waals surface area contributed by atoms with E-state index in [0.29, 0.717) is 0 Å². The molecule has 1 aliphatic carbocycles. The Labute approximate surface area is 179 Å². The van der Waals surface area contributed by atoms with Gasteiger partial charge in [-0.2, -0.15) is 5.11 Å². The van der Waals surface area contributed by atoms with Gasteiger partial charge in [0, 0.05) is 39.8 Å². The molecule has 5 nitrogen and oxygen atoms in total. The molecule has 2 heterocycles. The molecule has 5 rings (SSSR count). The van der Waals surface area contributed by atoms with E-state index in [1.807, 2.05) is 12.1 Å². The molecule has 0 spiro atoms. The highest BCUT2D eigenvalue weighted by molar-refractivity contribution is 5.78. The van der Waals surface area contributed by atoms with Gasteiger partial charge in [0.25, 0.3) is 0 Å². The second-order valence-electron chi connectivity index (χ2n) is 8.55. The molecule has 3 aliphatic rings. The van der Waals surface area contributed by atoms with Crippen LogP contribution in [0, 0.1) is 0 Å². The van der Waals surface area contributed by atoms with Crippen molar-refractivity contribution in [1.29, 1.82) is 0 Å². The van der Waals surface area contributed by atoms with E-state index in [1.165, 1.54) is 27.8 Å². The molecule has 2 atom stereocenters. The van der Waals surface area contributed by atoms with Gasteiger partial charge < -0.3 is 4.90 Å². The Morgan fingerprint density at radius 3 is 2.43 bits per heavy atom. The van der Waals surface area contributed by atoms with Gasteiger partial charge >= 0.3 is 0 Å². The van der Waals surface area contributed by atoms with Crippen LogP contribution < -0.4 is 0 Å². The number of rotatable bonds is 4. The summed E-state index contributed by atoms with van der Waals surface area (Å²) in [5, 5.41) is 10.5. The van der Waals surface area contributed by atoms with Crippen molar-refractivity contribution in [1.82, 2.24) is 14.8 Å². The number of piperazine rings is 1. The van der Waals surface area contributed by atoms with Crippen LogP contribution in [0.1, 0.15) is 11.1 Å². The molecule has 154 valence electrons. The number of likely N-dealkylation sites (N-methyl/N-ethyl adjacent to an activating group) is 2. The zero-order chi connectivity index (χ0) is 20.5. The maximum absolute atomic E-state index is 4.37. The standard InChI is InChI=1S/C25H29N5/c1-28-13-15-30(16-14-28)18-22-5-3-4-6-23(22)20-9-7-19(8-10-20)21-11-12-25-24(17-21)26-27-29(25)2/h3-12,17,24-25H,13-16,18H2,1-2H3. The van der Waals surface area contributed by atoms with Crippen LogP contribution in [0.5, 0.6) is 0 Å². The van der Waals surface area contributed by atoms with Crippen LogP contribution in [0.25, 0.3) is 16.7 Å². The van der Waals surface area contributed by atoms with E-state index in [1.54, 1.807) is 0 Å². The summed E-state index contributed by atoms with van der Waals surface area (Å²) in [5.74, 6) is 0. The lowest BCUT2D eigenvalue weighted by Crippen LogP contribution is -2.43. The normalized spacial score (nSPS) is 24.2. The predicted octanol–water partition coefficient (Wildman–Crippen LogP) is 4.10.